The summed E-state index contributed by atoms with van der Waals surface area (Å²) in [6.45, 7) is 1.87. The first-order valence-corrected chi connectivity index (χ1v) is 8.90. The average Bonchev–Trinajstić information content (AvgIpc) is 2.76. The zero-order valence-electron chi connectivity index (χ0n) is 10.5. The Labute approximate surface area is 138 Å². The van der Waals surface area contributed by atoms with Gasteiger partial charge in [0.2, 0.25) is 0 Å². The second-order valence-corrected chi connectivity index (χ2v) is 8.49. The Bertz CT molecular complexity index is 820. The summed E-state index contributed by atoms with van der Waals surface area (Å²) < 4.78 is 27.0. The molecule has 0 aliphatic rings. The number of benzene rings is 1. The van der Waals surface area contributed by atoms with Crippen molar-refractivity contribution in [2.75, 3.05) is 4.72 Å². The summed E-state index contributed by atoms with van der Waals surface area (Å²) in [7, 11) is -3.93. The van der Waals surface area contributed by atoms with Crippen LogP contribution in [0.2, 0.25) is 4.34 Å². The number of thiophene rings is 1. The summed E-state index contributed by atoms with van der Waals surface area (Å²) in [5, 5.41) is 10.7. The van der Waals surface area contributed by atoms with Gasteiger partial charge in [-0.2, -0.15) is 0 Å². The van der Waals surface area contributed by atoms with Crippen LogP contribution in [0.25, 0.3) is 0 Å². The lowest BCUT2D eigenvalue weighted by atomic mass is 10.2. The SMILES string of the molecule is Cc1ccc(NS(=O)(=O)c2cc([N+](=O)[O-])c(Cl)s2)c(Br)c1. The minimum atomic E-state index is -3.93. The molecule has 0 unspecified atom stereocenters. The molecule has 1 N–H and O–H groups in total. The fourth-order valence-corrected chi connectivity index (χ4v) is 4.96. The van der Waals surface area contributed by atoms with Gasteiger partial charge in [0.15, 0.2) is 4.34 Å². The number of hydrogen-bond donors (Lipinski definition) is 1. The van der Waals surface area contributed by atoms with E-state index in [9.17, 15) is 18.5 Å². The highest BCUT2D eigenvalue weighted by atomic mass is 79.9. The number of halogens is 2. The van der Waals surface area contributed by atoms with E-state index in [1.165, 1.54) is 0 Å². The standard InChI is InChI=1S/C11H8BrClN2O4S2/c1-6-2-3-8(7(12)4-6)14-21(18,19)10-5-9(15(16)17)11(13)20-10/h2-5,14H,1H3. The van der Waals surface area contributed by atoms with Crippen LogP contribution in [0, 0.1) is 17.0 Å². The van der Waals surface area contributed by atoms with E-state index in [-0.39, 0.29) is 8.55 Å². The van der Waals surface area contributed by atoms with E-state index in [1.54, 1.807) is 18.2 Å². The predicted octanol–water partition coefficient (Wildman–Crippen LogP) is 4.18. The van der Waals surface area contributed by atoms with Crippen LogP contribution in [-0.2, 0) is 10.0 Å². The van der Waals surface area contributed by atoms with Crippen LogP contribution in [0.1, 0.15) is 5.56 Å². The Morgan fingerprint density at radius 2 is 2.05 bits per heavy atom. The van der Waals surface area contributed by atoms with E-state index in [1.807, 2.05) is 6.92 Å². The highest BCUT2D eigenvalue weighted by Gasteiger charge is 2.25. The molecule has 1 heterocycles. The van der Waals surface area contributed by atoms with E-state index in [4.69, 9.17) is 11.6 Å². The van der Waals surface area contributed by atoms with Gasteiger partial charge in [0.05, 0.1) is 10.6 Å². The Hall–Kier alpha value is -1.16. The summed E-state index contributed by atoms with van der Waals surface area (Å²) in [6, 6.07) is 6.03. The zero-order valence-corrected chi connectivity index (χ0v) is 14.4. The maximum atomic E-state index is 12.2. The molecule has 1 aromatic carbocycles. The van der Waals surface area contributed by atoms with Crippen molar-refractivity contribution in [2.45, 2.75) is 11.1 Å². The summed E-state index contributed by atoms with van der Waals surface area (Å²) >= 11 is 9.57. The highest BCUT2D eigenvalue weighted by Crippen LogP contribution is 2.37. The van der Waals surface area contributed by atoms with E-state index < -0.39 is 20.6 Å². The predicted molar refractivity (Wildman–Crippen MR) is 85.7 cm³/mol. The van der Waals surface area contributed by atoms with Crippen LogP contribution in [0.15, 0.2) is 32.9 Å². The van der Waals surface area contributed by atoms with Crippen LogP contribution in [0.5, 0.6) is 0 Å². The third kappa shape index (κ3) is 3.54. The minimum absolute atomic E-state index is 0.177. The van der Waals surface area contributed by atoms with Gasteiger partial charge in [-0.25, -0.2) is 8.42 Å². The molecule has 10 heteroatoms. The molecule has 0 bridgehead atoms. The van der Waals surface area contributed by atoms with Gasteiger partial charge in [-0.15, -0.1) is 11.3 Å². The Morgan fingerprint density at radius 3 is 2.57 bits per heavy atom. The molecule has 0 fully saturated rings. The number of nitro groups is 1. The number of nitrogens with zero attached hydrogens (tertiary/aromatic N) is 1. The monoisotopic (exact) mass is 410 g/mol. The first-order chi connectivity index (χ1) is 9.70. The molecule has 2 aromatic rings. The second kappa shape index (κ2) is 5.91. The lowest BCUT2D eigenvalue weighted by Gasteiger charge is -2.08. The van der Waals surface area contributed by atoms with Crippen LogP contribution in [-0.4, -0.2) is 13.3 Å². The van der Waals surface area contributed by atoms with Crippen molar-refractivity contribution in [1.29, 1.82) is 0 Å². The Kier molecular flexibility index (Phi) is 4.57. The molecule has 0 saturated heterocycles. The van der Waals surface area contributed by atoms with Gasteiger partial charge >= 0.3 is 0 Å². The van der Waals surface area contributed by atoms with Gasteiger partial charge < -0.3 is 0 Å². The van der Waals surface area contributed by atoms with Gasteiger partial charge in [-0.05, 0) is 40.5 Å². The van der Waals surface area contributed by atoms with Crippen LogP contribution >= 0.6 is 38.9 Å². The largest absolute Gasteiger partial charge is 0.300 e. The van der Waals surface area contributed by atoms with E-state index in [2.05, 4.69) is 20.7 Å². The van der Waals surface area contributed by atoms with Gasteiger partial charge in [0, 0.05) is 10.5 Å². The average molecular weight is 412 g/mol. The molecule has 0 amide bonds. The molecular formula is C11H8BrClN2O4S2. The summed E-state index contributed by atoms with van der Waals surface area (Å²) in [5.74, 6) is 0. The fourth-order valence-electron chi connectivity index (χ4n) is 1.49. The number of aryl methyl sites for hydroxylation is 1. The van der Waals surface area contributed by atoms with Crippen molar-refractivity contribution in [1.82, 2.24) is 0 Å². The molecule has 2 rings (SSSR count). The molecule has 21 heavy (non-hydrogen) atoms. The van der Waals surface area contributed by atoms with Crippen molar-refractivity contribution < 1.29 is 13.3 Å². The lowest BCUT2D eigenvalue weighted by molar-refractivity contribution is -0.384. The number of nitrogens with one attached hydrogen (secondary N) is 1. The summed E-state index contributed by atoms with van der Waals surface area (Å²) in [5.41, 5.74) is 0.873. The lowest BCUT2D eigenvalue weighted by Crippen LogP contribution is -2.11. The van der Waals surface area contributed by atoms with Crippen molar-refractivity contribution in [3.8, 4) is 0 Å². The molecule has 112 valence electrons. The van der Waals surface area contributed by atoms with Crippen molar-refractivity contribution in [3.05, 3.63) is 48.8 Å². The minimum Gasteiger partial charge on any atom is -0.278 e. The van der Waals surface area contributed by atoms with Gasteiger partial charge in [0.25, 0.3) is 15.7 Å². The number of rotatable bonds is 4. The molecular weight excluding hydrogens is 404 g/mol. The normalized spacial score (nSPS) is 11.4. The van der Waals surface area contributed by atoms with Crippen LogP contribution in [0.3, 0.4) is 0 Å². The van der Waals surface area contributed by atoms with E-state index in [0.29, 0.717) is 21.5 Å². The van der Waals surface area contributed by atoms with Crippen molar-refractivity contribution in [2.24, 2.45) is 0 Å². The third-order valence-electron chi connectivity index (χ3n) is 2.48. The quantitative estimate of drug-likeness (QED) is 0.603. The highest BCUT2D eigenvalue weighted by molar-refractivity contribution is 9.10. The molecule has 0 aliphatic heterocycles. The van der Waals surface area contributed by atoms with E-state index >= 15 is 0 Å². The maximum absolute atomic E-state index is 12.2. The van der Waals surface area contributed by atoms with E-state index in [0.717, 1.165) is 11.6 Å². The van der Waals surface area contributed by atoms with Crippen LogP contribution < -0.4 is 4.72 Å². The first kappa shape index (κ1) is 16.2. The molecule has 0 atom stereocenters. The summed E-state index contributed by atoms with van der Waals surface area (Å²) in [6.07, 6.45) is 0. The molecule has 0 aliphatic carbocycles. The molecule has 6 nitrogen and oxygen atoms in total. The fraction of sp³-hybridized carbons (Fsp3) is 0.0909. The first-order valence-electron chi connectivity index (χ1n) is 5.43. The van der Waals surface area contributed by atoms with Crippen LogP contribution in [0.4, 0.5) is 11.4 Å². The molecule has 1 aromatic heterocycles. The van der Waals surface area contributed by atoms with Crippen molar-refractivity contribution >= 4 is 60.3 Å². The third-order valence-corrected chi connectivity index (χ3v) is 6.31. The summed E-state index contributed by atoms with van der Waals surface area (Å²) in [4.78, 5) is 9.99. The Morgan fingerprint density at radius 1 is 1.38 bits per heavy atom. The van der Waals surface area contributed by atoms with Gasteiger partial charge in [0.1, 0.15) is 4.21 Å². The topological polar surface area (TPSA) is 89.3 Å². The van der Waals surface area contributed by atoms with Gasteiger partial charge in [-0.3, -0.25) is 14.8 Å². The van der Waals surface area contributed by atoms with Crippen molar-refractivity contribution in [3.63, 3.8) is 0 Å². The number of sulfonamides is 1. The maximum Gasteiger partial charge on any atom is 0.300 e. The molecule has 0 saturated carbocycles. The zero-order chi connectivity index (χ0) is 15.8. The molecule has 0 radical (unpaired) electrons. The smallest absolute Gasteiger partial charge is 0.278 e. The number of anilines is 1. The second-order valence-electron chi connectivity index (χ2n) is 4.07. The van der Waals surface area contributed by atoms with Gasteiger partial charge in [-0.1, -0.05) is 17.7 Å². The Balaban J connectivity index is 2.38. The number of hydrogen-bond acceptors (Lipinski definition) is 5. The molecule has 0 spiro atoms.